The van der Waals surface area contributed by atoms with Crippen LogP contribution in [-0.4, -0.2) is 77.4 Å². The van der Waals surface area contributed by atoms with E-state index in [-0.39, 0.29) is 18.4 Å². The zero-order valence-corrected chi connectivity index (χ0v) is 14.4. The van der Waals surface area contributed by atoms with Crippen LogP contribution in [0.1, 0.15) is 40.0 Å². The molecule has 2 heterocycles. The maximum Gasteiger partial charge on any atom is 0.410 e. The minimum absolute atomic E-state index is 0.0294. The van der Waals surface area contributed by atoms with Crippen molar-refractivity contribution in [3.8, 4) is 0 Å². The Morgan fingerprint density at radius 3 is 2.13 bits per heavy atom. The Morgan fingerprint density at radius 1 is 1.09 bits per heavy atom. The summed E-state index contributed by atoms with van der Waals surface area (Å²) >= 11 is 0. The van der Waals surface area contributed by atoms with E-state index < -0.39 is 11.2 Å². The van der Waals surface area contributed by atoms with Gasteiger partial charge in [0.15, 0.2) is 0 Å². The van der Waals surface area contributed by atoms with Crippen molar-refractivity contribution in [1.82, 2.24) is 15.1 Å². The zero-order chi connectivity index (χ0) is 17.1. The molecule has 2 amide bonds. The molecule has 132 valence electrons. The molecule has 7 heteroatoms. The molecule has 0 bridgehead atoms. The molecule has 0 unspecified atom stereocenters. The third kappa shape index (κ3) is 5.35. The van der Waals surface area contributed by atoms with E-state index in [1.807, 2.05) is 20.8 Å². The largest absolute Gasteiger partial charge is 0.444 e. The fraction of sp³-hybridized carbons (Fsp3) is 0.875. The Kier molecular flexibility index (Phi) is 5.52. The topological polar surface area (TPSA) is 82.1 Å². The number of amides is 2. The van der Waals surface area contributed by atoms with Crippen LogP contribution in [0, 0.1) is 0 Å². The molecule has 2 saturated heterocycles. The Bertz CT molecular complexity index is 433. The van der Waals surface area contributed by atoms with Crippen LogP contribution < -0.4 is 5.32 Å². The van der Waals surface area contributed by atoms with Crippen molar-refractivity contribution >= 4 is 12.0 Å². The van der Waals surface area contributed by atoms with Crippen molar-refractivity contribution in [3.05, 3.63) is 0 Å². The summed E-state index contributed by atoms with van der Waals surface area (Å²) in [5, 5.41) is 13.7. The lowest BCUT2D eigenvalue weighted by Gasteiger charge is -2.38. The minimum atomic E-state index is -0.884. The molecule has 0 radical (unpaired) electrons. The van der Waals surface area contributed by atoms with Gasteiger partial charge >= 0.3 is 6.09 Å². The third-order valence-corrected chi connectivity index (χ3v) is 4.30. The number of aliphatic hydroxyl groups is 1. The van der Waals surface area contributed by atoms with Crippen molar-refractivity contribution < 1.29 is 19.4 Å². The second kappa shape index (κ2) is 7.05. The number of rotatable bonds is 2. The van der Waals surface area contributed by atoms with Crippen LogP contribution >= 0.6 is 0 Å². The van der Waals surface area contributed by atoms with Gasteiger partial charge in [0.1, 0.15) is 5.60 Å². The van der Waals surface area contributed by atoms with Gasteiger partial charge in [-0.2, -0.15) is 0 Å². The number of carbonyl (C=O) groups excluding carboxylic acids is 2. The highest BCUT2D eigenvalue weighted by Crippen LogP contribution is 2.23. The molecule has 0 aliphatic carbocycles. The summed E-state index contributed by atoms with van der Waals surface area (Å²) < 4.78 is 5.35. The molecule has 2 N–H and O–H groups in total. The van der Waals surface area contributed by atoms with Gasteiger partial charge in [0, 0.05) is 26.2 Å². The SMILES string of the molecule is CC(C)(C)OC(=O)N1CCN(C(=O)CC2(O)CCNCC2)CC1. The zero-order valence-electron chi connectivity index (χ0n) is 14.4. The lowest BCUT2D eigenvalue weighted by Crippen LogP contribution is -2.53. The van der Waals surface area contributed by atoms with Crippen LogP contribution in [0.2, 0.25) is 0 Å². The van der Waals surface area contributed by atoms with E-state index in [2.05, 4.69) is 5.32 Å². The van der Waals surface area contributed by atoms with Crippen molar-refractivity contribution in [2.24, 2.45) is 0 Å². The highest BCUT2D eigenvalue weighted by molar-refractivity contribution is 5.78. The van der Waals surface area contributed by atoms with Crippen LogP contribution in [0.25, 0.3) is 0 Å². The number of nitrogens with one attached hydrogen (secondary N) is 1. The summed E-state index contributed by atoms with van der Waals surface area (Å²) in [6, 6.07) is 0. The molecule has 2 aliphatic heterocycles. The predicted molar refractivity (Wildman–Crippen MR) is 86.1 cm³/mol. The first-order chi connectivity index (χ1) is 10.7. The molecule has 0 aromatic carbocycles. The molecule has 2 aliphatic rings. The number of nitrogens with zero attached hydrogens (tertiary/aromatic N) is 2. The highest BCUT2D eigenvalue weighted by Gasteiger charge is 2.35. The molecule has 0 aromatic heterocycles. The molecule has 0 spiro atoms. The van der Waals surface area contributed by atoms with E-state index >= 15 is 0 Å². The average Bonchev–Trinajstić information content (AvgIpc) is 2.46. The Hall–Kier alpha value is -1.34. The first-order valence-corrected chi connectivity index (χ1v) is 8.37. The van der Waals surface area contributed by atoms with Crippen molar-refractivity contribution in [1.29, 1.82) is 0 Å². The van der Waals surface area contributed by atoms with E-state index in [1.165, 1.54) is 0 Å². The van der Waals surface area contributed by atoms with Gasteiger partial charge in [-0.05, 0) is 46.7 Å². The summed E-state index contributed by atoms with van der Waals surface area (Å²) in [5.74, 6) is -0.0294. The minimum Gasteiger partial charge on any atom is -0.444 e. The number of piperidine rings is 1. The van der Waals surface area contributed by atoms with Gasteiger partial charge in [-0.25, -0.2) is 4.79 Å². The summed E-state index contributed by atoms with van der Waals surface area (Å²) in [7, 11) is 0. The standard InChI is InChI=1S/C16H29N3O4/c1-15(2,3)23-14(21)19-10-8-18(9-11-19)13(20)12-16(22)4-6-17-7-5-16/h17,22H,4-12H2,1-3H3. The van der Waals surface area contributed by atoms with Crippen LogP contribution in [-0.2, 0) is 9.53 Å². The number of ether oxygens (including phenoxy) is 1. The molecule has 23 heavy (non-hydrogen) atoms. The lowest BCUT2D eigenvalue weighted by molar-refractivity contribution is -0.139. The van der Waals surface area contributed by atoms with E-state index in [1.54, 1.807) is 9.80 Å². The fourth-order valence-corrected chi connectivity index (χ4v) is 2.93. The maximum absolute atomic E-state index is 12.4. The second-order valence-electron chi connectivity index (χ2n) is 7.50. The van der Waals surface area contributed by atoms with Crippen molar-refractivity contribution in [2.75, 3.05) is 39.3 Å². The van der Waals surface area contributed by atoms with Crippen LogP contribution in [0.5, 0.6) is 0 Å². The number of hydrogen-bond donors (Lipinski definition) is 2. The van der Waals surface area contributed by atoms with Gasteiger partial charge in [0.25, 0.3) is 0 Å². The molecule has 0 atom stereocenters. The molecule has 2 rings (SSSR count). The number of piperazine rings is 1. The smallest absolute Gasteiger partial charge is 0.410 e. The number of hydrogen-bond acceptors (Lipinski definition) is 5. The van der Waals surface area contributed by atoms with Crippen molar-refractivity contribution in [3.63, 3.8) is 0 Å². The third-order valence-electron chi connectivity index (χ3n) is 4.30. The van der Waals surface area contributed by atoms with Crippen molar-refractivity contribution in [2.45, 2.75) is 51.2 Å². The molecule has 0 saturated carbocycles. The van der Waals surface area contributed by atoms with Gasteiger partial charge < -0.3 is 25.0 Å². The monoisotopic (exact) mass is 327 g/mol. The fourth-order valence-electron chi connectivity index (χ4n) is 2.93. The number of carbonyl (C=O) groups is 2. The Labute approximate surface area is 138 Å². The van der Waals surface area contributed by atoms with E-state index in [0.717, 1.165) is 13.1 Å². The van der Waals surface area contributed by atoms with Gasteiger partial charge in [0.2, 0.25) is 5.91 Å². The second-order valence-corrected chi connectivity index (χ2v) is 7.50. The lowest BCUT2D eigenvalue weighted by atomic mass is 9.88. The Morgan fingerprint density at radius 2 is 1.61 bits per heavy atom. The molecule has 7 nitrogen and oxygen atoms in total. The maximum atomic E-state index is 12.4. The van der Waals surface area contributed by atoms with Gasteiger partial charge in [-0.15, -0.1) is 0 Å². The Balaban J connectivity index is 1.79. The summed E-state index contributed by atoms with van der Waals surface area (Å²) in [6.07, 6.45) is 1.05. The molecular formula is C16H29N3O4. The summed E-state index contributed by atoms with van der Waals surface area (Å²) in [5.41, 5.74) is -1.40. The summed E-state index contributed by atoms with van der Waals surface area (Å²) in [4.78, 5) is 27.8. The molecular weight excluding hydrogens is 298 g/mol. The van der Waals surface area contributed by atoms with Gasteiger partial charge in [0.05, 0.1) is 12.0 Å². The molecule has 2 fully saturated rings. The quantitative estimate of drug-likeness (QED) is 0.775. The average molecular weight is 327 g/mol. The summed E-state index contributed by atoms with van der Waals surface area (Å²) in [6.45, 7) is 8.94. The van der Waals surface area contributed by atoms with E-state index in [0.29, 0.717) is 39.0 Å². The van der Waals surface area contributed by atoms with E-state index in [9.17, 15) is 14.7 Å². The van der Waals surface area contributed by atoms with Crippen LogP contribution in [0.3, 0.4) is 0 Å². The molecule has 0 aromatic rings. The van der Waals surface area contributed by atoms with Crippen LogP contribution in [0.15, 0.2) is 0 Å². The normalized spacial score (nSPS) is 21.9. The first-order valence-electron chi connectivity index (χ1n) is 8.37. The van der Waals surface area contributed by atoms with E-state index in [4.69, 9.17) is 4.74 Å². The first kappa shape index (κ1) is 18.0. The van der Waals surface area contributed by atoms with Gasteiger partial charge in [-0.3, -0.25) is 4.79 Å². The van der Waals surface area contributed by atoms with Crippen LogP contribution in [0.4, 0.5) is 4.79 Å². The van der Waals surface area contributed by atoms with Gasteiger partial charge in [-0.1, -0.05) is 0 Å². The predicted octanol–water partition coefficient (Wildman–Crippen LogP) is 0.570. The highest BCUT2D eigenvalue weighted by atomic mass is 16.6.